The molecule has 0 aliphatic heterocycles. The van der Waals surface area contributed by atoms with Crippen LogP contribution in [0.3, 0.4) is 0 Å². The molecule has 0 fully saturated rings. The van der Waals surface area contributed by atoms with Crippen LogP contribution in [0.15, 0.2) is 42.7 Å². The molecule has 1 unspecified atom stereocenters. The summed E-state index contributed by atoms with van der Waals surface area (Å²) in [6.45, 7) is 0. The molecule has 2 N–H and O–H groups in total. The second-order valence-electron chi connectivity index (χ2n) is 3.67. The first-order chi connectivity index (χ1) is 7.98. The third kappa shape index (κ3) is 2.50. The van der Waals surface area contributed by atoms with Gasteiger partial charge in [-0.3, -0.25) is 0 Å². The predicted molar refractivity (Wildman–Crippen MR) is 56.3 cm³/mol. The van der Waals surface area contributed by atoms with E-state index in [0.717, 1.165) is 12.1 Å². The number of alkyl halides is 3. The maximum Gasteiger partial charge on any atom is 0.416 e. The monoisotopic (exact) mass is 241 g/mol. The molecule has 1 heterocycles. The fourth-order valence-corrected chi connectivity index (χ4v) is 1.55. The van der Waals surface area contributed by atoms with Crippen LogP contribution in [-0.2, 0) is 6.18 Å². The van der Waals surface area contributed by atoms with Crippen molar-refractivity contribution in [3.8, 4) is 0 Å². The number of aromatic amines is 1. The number of aliphatic hydroxyl groups excluding tert-OH is 1. The number of nitrogens with one attached hydrogen (secondary N) is 1. The number of hydrogen-bond donors (Lipinski definition) is 2. The molecule has 2 nitrogen and oxygen atoms in total. The van der Waals surface area contributed by atoms with Crippen LogP contribution in [0.1, 0.15) is 22.8 Å². The smallest absolute Gasteiger partial charge is 0.384 e. The van der Waals surface area contributed by atoms with E-state index < -0.39 is 17.8 Å². The molecule has 90 valence electrons. The summed E-state index contributed by atoms with van der Waals surface area (Å²) in [5.41, 5.74) is 0.324. The number of H-pyrrole nitrogens is 1. The Hall–Kier alpha value is -1.75. The van der Waals surface area contributed by atoms with Gasteiger partial charge in [0, 0.05) is 18.0 Å². The highest BCUT2D eigenvalue weighted by Gasteiger charge is 2.30. The molecule has 0 amide bonds. The summed E-state index contributed by atoms with van der Waals surface area (Å²) in [5, 5.41) is 9.87. The van der Waals surface area contributed by atoms with Crippen molar-refractivity contribution in [3.05, 3.63) is 59.4 Å². The minimum absolute atomic E-state index is 0.428. The lowest BCUT2D eigenvalue weighted by Crippen LogP contribution is -2.05. The van der Waals surface area contributed by atoms with Gasteiger partial charge < -0.3 is 10.1 Å². The van der Waals surface area contributed by atoms with Crippen LogP contribution in [0.25, 0.3) is 0 Å². The molecule has 0 spiro atoms. The molecular formula is C12H10F3NO. The van der Waals surface area contributed by atoms with Crippen molar-refractivity contribution >= 4 is 0 Å². The lowest BCUT2D eigenvalue weighted by atomic mass is 10.0. The molecule has 17 heavy (non-hydrogen) atoms. The summed E-state index contributed by atoms with van der Waals surface area (Å²) in [6.07, 6.45) is -2.02. The van der Waals surface area contributed by atoms with Crippen LogP contribution in [0.2, 0.25) is 0 Å². The number of hydrogen-bond acceptors (Lipinski definition) is 1. The molecule has 1 aromatic carbocycles. The van der Waals surface area contributed by atoms with Crippen molar-refractivity contribution in [1.82, 2.24) is 4.98 Å². The highest BCUT2D eigenvalue weighted by Crippen LogP contribution is 2.30. The predicted octanol–water partition coefficient (Wildman–Crippen LogP) is 3.12. The van der Waals surface area contributed by atoms with Crippen LogP contribution in [0.5, 0.6) is 0 Å². The van der Waals surface area contributed by atoms with E-state index in [2.05, 4.69) is 4.98 Å². The fourth-order valence-electron chi connectivity index (χ4n) is 1.55. The van der Waals surface area contributed by atoms with Crippen molar-refractivity contribution in [2.45, 2.75) is 12.3 Å². The normalized spacial score (nSPS) is 13.6. The zero-order valence-corrected chi connectivity index (χ0v) is 8.70. The Bertz CT molecular complexity index is 473. The van der Waals surface area contributed by atoms with Gasteiger partial charge in [-0.05, 0) is 23.8 Å². The van der Waals surface area contributed by atoms with E-state index >= 15 is 0 Å². The lowest BCUT2D eigenvalue weighted by molar-refractivity contribution is -0.137. The van der Waals surface area contributed by atoms with Crippen molar-refractivity contribution in [3.63, 3.8) is 0 Å². The van der Waals surface area contributed by atoms with Crippen molar-refractivity contribution in [2.75, 3.05) is 0 Å². The summed E-state index contributed by atoms with van der Waals surface area (Å²) in [6, 6.07) is 6.15. The maximum absolute atomic E-state index is 12.3. The van der Waals surface area contributed by atoms with Crippen molar-refractivity contribution in [2.24, 2.45) is 0 Å². The van der Waals surface area contributed by atoms with E-state index in [-0.39, 0.29) is 0 Å². The summed E-state index contributed by atoms with van der Waals surface area (Å²) in [7, 11) is 0. The fraction of sp³-hybridized carbons (Fsp3) is 0.167. The molecule has 1 aromatic heterocycles. The Morgan fingerprint density at radius 2 is 1.65 bits per heavy atom. The second-order valence-corrected chi connectivity index (χ2v) is 3.67. The zero-order chi connectivity index (χ0) is 12.5. The van der Waals surface area contributed by atoms with E-state index in [1.165, 1.54) is 12.1 Å². The van der Waals surface area contributed by atoms with Gasteiger partial charge in [0.25, 0.3) is 0 Å². The Balaban J connectivity index is 2.24. The molecule has 0 bridgehead atoms. The van der Waals surface area contributed by atoms with Crippen molar-refractivity contribution < 1.29 is 18.3 Å². The summed E-state index contributed by atoms with van der Waals surface area (Å²) < 4.78 is 37.0. The number of halogens is 3. The number of aromatic nitrogens is 1. The molecule has 0 saturated carbocycles. The maximum atomic E-state index is 12.3. The van der Waals surface area contributed by atoms with E-state index in [9.17, 15) is 18.3 Å². The zero-order valence-electron chi connectivity index (χ0n) is 8.70. The van der Waals surface area contributed by atoms with Gasteiger partial charge in [0.15, 0.2) is 0 Å². The molecule has 0 aliphatic carbocycles. The van der Waals surface area contributed by atoms with E-state index in [1.54, 1.807) is 18.5 Å². The molecule has 0 aliphatic rings. The average molecular weight is 241 g/mol. The van der Waals surface area contributed by atoms with Crippen LogP contribution < -0.4 is 0 Å². The first kappa shape index (κ1) is 11.7. The van der Waals surface area contributed by atoms with Gasteiger partial charge in [0.1, 0.15) is 6.10 Å². The van der Waals surface area contributed by atoms with Crippen LogP contribution in [-0.4, -0.2) is 10.1 Å². The minimum atomic E-state index is -4.35. The molecule has 5 heteroatoms. The quantitative estimate of drug-likeness (QED) is 0.832. The third-order valence-corrected chi connectivity index (χ3v) is 2.49. The van der Waals surface area contributed by atoms with Gasteiger partial charge in [-0.25, -0.2) is 0 Å². The van der Waals surface area contributed by atoms with Gasteiger partial charge in [0.05, 0.1) is 5.56 Å². The summed E-state index contributed by atoms with van der Waals surface area (Å²) >= 11 is 0. The van der Waals surface area contributed by atoms with Crippen molar-refractivity contribution in [1.29, 1.82) is 0 Å². The second kappa shape index (κ2) is 4.25. The van der Waals surface area contributed by atoms with Gasteiger partial charge >= 0.3 is 6.18 Å². The van der Waals surface area contributed by atoms with Gasteiger partial charge in [0.2, 0.25) is 0 Å². The molecule has 0 radical (unpaired) electrons. The minimum Gasteiger partial charge on any atom is -0.384 e. The number of benzene rings is 1. The van der Waals surface area contributed by atoms with E-state index in [1.807, 2.05) is 0 Å². The van der Waals surface area contributed by atoms with Crippen LogP contribution in [0, 0.1) is 0 Å². The highest BCUT2D eigenvalue weighted by atomic mass is 19.4. The Labute approximate surface area is 95.7 Å². The van der Waals surface area contributed by atoms with Crippen LogP contribution >= 0.6 is 0 Å². The lowest BCUT2D eigenvalue weighted by Gasteiger charge is -2.11. The SMILES string of the molecule is OC(c1ccc(C(F)(F)F)cc1)c1cc[nH]c1. The largest absolute Gasteiger partial charge is 0.416 e. The molecule has 1 atom stereocenters. The Morgan fingerprint density at radius 1 is 1.00 bits per heavy atom. The third-order valence-electron chi connectivity index (χ3n) is 2.49. The Morgan fingerprint density at radius 3 is 2.12 bits per heavy atom. The summed E-state index contributed by atoms with van der Waals surface area (Å²) in [5.74, 6) is 0. The first-order valence-corrected chi connectivity index (χ1v) is 4.96. The van der Waals surface area contributed by atoms with Gasteiger partial charge in [-0.1, -0.05) is 12.1 Å². The number of rotatable bonds is 2. The standard InChI is InChI=1S/C12H10F3NO/c13-12(14,15)10-3-1-8(2-4-10)11(17)9-5-6-16-7-9/h1-7,11,16-17H. The number of aliphatic hydroxyl groups is 1. The van der Waals surface area contributed by atoms with Gasteiger partial charge in [-0.2, -0.15) is 13.2 Å². The molecular weight excluding hydrogens is 231 g/mol. The molecule has 0 saturated heterocycles. The summed E-state index contributed by atoms with van der Waals surface area (Å²) in [4.78, 5) is 2.78. The Kier molecular flexibility index (Phi) is 2.93. The average Bonchev–Trinajstić information content (AvgIpc) is 2.80. The topological polar surface area (TPSA) is 36.0 Å². The van der Waals surface area contributed by atoms with Gasteiger partial charge in [-0.15, -0.1) is 0 Å². The van der Waals surface area contributed by atoms with Crippen LogP contribution in [0.4, 0.5) is 13.2 Å². The highest BCUT2D eigenvalue weighted by molar-refractivity contribution is 5.31. The molecule has 2 rings (SSSR count). The van der Waals surface area contributed by atoms with E-state index in [0.29, 0.717) is 11.1 Å². The molecule has 2 aromatic rings. The first-order valence-electron chi connectivity index (χ1n) is 4.96. The van der Waals surface area contributed by atoms with E-state index in [4.69, 9.17) is 0 Å².